The van der Waals surface area contributed by atoms with E-state index < -0.39 is 0 Å². The predicted octanol–water partition coefficient (Wildman–Crippen LogP) is 4.94. The van der Waals surface area contributed by atoms with Gasteiger partial charge in [0.2, 0.25) is 0 Å². The number of nitrogens with zero attached hydrogens (tertiary/aromatic N) is 4. The van der Waals surface area contributed by atoms with Crippen LogP contribution in [-0.2, 0) is 6.54 Å². The van der Waals surface area contributed by atoms with Crippen LogP contribution in [0.3, 0.4) is 0 Å². The van der Waals surface area contributed by atoms with Crippen LogP contribution >= 0.6 is 0 Å². The van der Waals surface area contributed by atoms with Gasteiger partial charge in [-0.25, -0.2) is 19.0 Å². The highest BCUT2D eigenvalue weighted by atomic mass is 19.1. The quantitative estimate of drug-likeness (QED) is 0.497. The highest BCUT2D eigenvalue weighted by Gasteiger charge is 2.14. The molecule has 0 spiro atoms. The highest BCUT2D eigenvalue weighted by molar-refractivity contribution is 5.59. The molecule has 1 N–H and O–H groups in total. The lowest BCUT2D eigenvalue weighted by Crippen LogP contribution is -2.19. The molecule has 2 aromatic heterocycles. The maximum atomic E-state index is 13.6. The van der Waals surface area contributed by atoms with Crippen molar-refractivity contribution in [1.82, 2.24) is 25.1 Å². The molecule has 0 aliphatic carbocycles. The van der Waals surface area contributed by atoms with Gasteiger partial charge in [0, 0.05) is 47.4 Å². The minimum absolute atomic E-state index is 0.0725. The Bertz CT molecular complexity index is 1150. The Morgan fingerprint density at radius 2 is 1.77 bits per heavy atom. The first-order valence-corrected chi connectivity index (χ1v) is 9.93. The first-order chi connectivity index (χ1) is 14.5. The second-order valence-corrected chi connectivity index (χ2v) is 7.41. The topological polar surface area (TPSA) is 55.6 Å². The van der Waals surface area contributed by atoms with Crippen LogP contribution in [0, 0.1) is 19.7 Å². The first-order valence-electron chi connectivity index (χ1n) is 9.93. The van der Waals surface area contributed by atoms with Crippen LogP contribution in [0.2, 0.25) is 0 Å². The average Bonchev–Trinajstić information content (AvgIpc) is 3.14. The summed E-state index contributed by atoms with van der Waals surface area (Å²) in [4.78, 5) is 9.05. The molecule has 0 bridgehead atoms. The van der Waals surface area contributed by atoms with Crippen LogP contribution in [-0.4, -0.2) is 19.7 Å². The van der Waals surface area contributed by atoms with E-state index in [1.807, 2.05) is 49.8 Å². The van der Waals surface area contributed by atoms with Crippen molar-refractivity contribution in [3.05, 3.63) is 95.3 Å². The lowest BCUT2D eigenvalue weighted by molar-refractivity contribution is 0.570. The van der Waals surface area contributed by atoms with E-state index in [0.29, 0.717) is 12.2 Å². The standard InChI is InChI=1S/C24H24FN5/c1-16-7-4-5-10-22(16)24-27-13-19(14-28-24)12-26-17(2)23-15-29-30(18(23)3)21-9-6-8-20(25)11-21/h4-11,13-15,17,26H,12H2,1-3H3/t17-/m1/s1. The molecule has 30 heavy (non-hydrogen) atoms. The first kappa shape index (κ1) is 19.9. The third-order valence-electron chi connectivity index (χ3n) is 5.27. The molecule has 152 valence electrons. The molecule has 4 rings (SSSR count). The monoisotopic (exact) mass is 401 g/mol. The third kappa shape index (κ3) is 4.14. The summed E-state index contributed by atoms with van der Waals surface area (Å²) in [7, 11) is 0. The summed E-state index contributed by atoms with van der Waals surface area (Å²) >= 11 is 0. The van der Waals surface area contributed by atoms with Crippen molar-refractivity contribution in [3.63, 3.8) is 0 Å². The molecule has 0 unspecified atom stereocenters. The fourth-order valence-electron chi connectivity index (χ4n) is 3.51. The Morgan fingerprint density at radius 1 is 1.00 bits per heavy atom. The maximum Gasteiger partial charge on any atom is 0.159 e. The van der Waals surface area contributed by atoms with Gasteiger partial charge in [0.1, 0.15) is 5.82 Å². The van der Waals surface area contributed by atoms with Crippen molar-refractivity contribution in [3.8, 4) is 17.1 Å². The third-order valence-corrected chi connectivity index (χ3v) is 5.27. The van der Waals surface area contributed by atoms with E-state index in [4.69, 9.17) is 0 Å². The zero-order valence-electron chi connectivity index (χ0n) is 17.3. The van der Waals surface area contributed by atoms with Crippen molar-refractivity contribution in [1.29, 1.82) is 0 Å². The molecule has 0 saturated heterocycles. The number of hydrogen-bond donors (Lipinski definition) is 1. The van der Waals surface area contributed by atoms with Crippen LogP contribution in [0.15, 0.2) is 67.1 Å². The van der Waals surface area contributed by atoms with Crippen LogP contribution in [0.25, 0.3) is 17.1 Å². The van der Waals surface area contributed by atoms with Gasteiger partial charge in [-0.15, -0.1) is 0 Å². The zero-order chi connectivity index (χ0) is 21.1. The van der Waals surface area contributed by atoms with E-state index in [1.165, 1.54) is 12.1 Å². The molecule has 1 atom stereocenters. The number of hydrogen-bond acceptors (Lipinski definition) is 4. The van der Waals surface area contributed by atoms with Crippen LogP contribution in [0.4, 0.5) is 4.39 Å². The Morgan fingerprint density at radius 3 is 2.50 bits per heavy atom. The van der Waals surface area contributed by atoms with E-state index in [9.17, 15) is 4.39 Å². The summed E-state index contributed by atoms with van der Waals surface area (Å²) < 4.78 is 15.3. The van der Waals surface area contributed by atoms with Gasteiger partial charge in [0.25, 0.3) is 0 Å². The summed E-state index contributed by atoms with van der Waals surface area (Å²) in [5.41, 5.74) is 5.97. The van der Waals surface area contributed by atoms with E-state index >= 15 is 0 Å². The fourth-order valence-corrected chi connectivity index (χ4v) is 3.51. The molecule has 2 aromatic carbocycles. The molecule has 6 heteroatoms. The molecule has 0 radical (unpaired) electrons. The van der Waals surface area contributed by atoms with E-state index in [1.54, 1.807) is 10.7 Å². The second kappa shape index (κ2) is 8.55. The number of benzene rings is 2. The summed E-state index contributed by atoms with van der Waals surface area (Å²) in [5.74, 6) is 0.460. The number of aryl methyl sites for hydroxylation is 1. The number of nitrogens with one attached hydrogen (secondary N) is 1. The highest BCUT2D eigenvalue weighted by Crippen LogP contribution is 2.22. The minimum atomic E-state index is -0.274. The van der Waals surface area contributed by atoms with Crippen molar-refractivity contribution in [2.45, 2.75) is 33.4 Å². The van der Waals surface area contributed by atoms with E-state index in [2.05, 4.69) is 40.3 Å². The van der Waals surface area contributed by atoms with Gasteiger partial charge in [0.05, 0.1) is 11.9 Å². The molecule has 4 aromatic rings. The predicted molar refractivity (Wildman–Crippen MR) is 116 cm³/mol. The summed E-state index contributed by atoms with van der Waals surface area (Å²) in [6.45, 7) is 6.77. The van der Waals surface area contributed by atoms with Crippen molar-refractivity contribution in [2.75, 3.05) is 0 Å². The Balaban J connectivity index is 1.44. The van der Waals surface area contributed by atoms with E-state index in [-0.39, 0.29) is 11.9 Å². The fraction of sp³-hybridized carbons (Fsp3) is 0.208. The van der Waals surface area contributed by atoms with Crippen molar-refractivity contribution >= 4 is 0 Å². The van der Waals surface area contributed by atoms with Gasteiger partial charge in [-0.3, -0.25) is 0 Å². The van der Waals surface area contributed by atoms with Gasteiger partial charge in [0.15, 0.2) is 5.82 Å². The number of halogens is 1. The summed E-state index contributed by atoms with van der Waals surface area (Å²) in [6, 6.07) is 14.6. The maximum absolute atomic E-state index is 13.6. The van der Waals surface area contributed by atoms with Gasteiger partial charge < -0.3 is 5.32 Å². The number of rotatable bonds is 6. The molecule has 5 nitrogen and oxygen atoms in total. The van der Waals surface area contributed by atoms with Gasteiger partial charge in [-0.05, 0) is 44.5 Å². The molecule has 0 aliphatic rings. The van der Waals surface area contributed by atoms with Gasteiger partial charge in [-0.2, -0.15) is 5.10 Å². The average molecular weight is 401 g/mol. The van der Waals surface area contributed by atoms with Crippen LogP contribution in [0.5, 0.6) is 0 Å². The number of aromatic nitrogens is 4. The second-order valence-electron chi connectivity index (χ2n) is 7.41. The normalized spacial score (nSPS) is 12.1. The Kier molecular flexibility index (Phi) is 5.68. The SMILES string of the molecule is Cc1ccccc1-c1ncc(CN[C@H](C)c2cnn(-c3cccc(F)c3)c2C)cn1. The van der Waals surface area contributed by atoms with Crippen LogP contribution in [0.1, 0.15) is 35.3 Å². The molecule has 0 amide bonds. The molecular weight excluding hydrogens is 377 g/mol. The van der Waals surface area contributed by atoms with Crippen molar-refractivity contribution in [2.24, 2.45) is 0 Å². The van der Waals surface area contributed by atoms with Crippen molar-refractivity contribution < 1.29 is 4.39 Å². The van der Waals surface area contributed by atoms with Crippen LogP contribution < -0.4 is 5.32 Å². The lowest BCUT2D eigenvalue weighted by Gasteiger charge is -2.14. The largest absolute Gasteiger partial charge is 0.306 e. The smallest absolute Gasteiger partial charge is 0.159 e. The molecule has 0 aliphatic heterocycles. The zero-order valence-corrected chi connectivity index (χ0v) is 17.3. The van der Waals surface area contributed by atoms with E-state index in [0.717, 1.165) is 33.8 Å². The minimum Gasteiger partial charge on any atom is -0.306 e. The summed E-state index contributed by atoms with van der Waals surface area (Å²) in [6.07, 6.45) is 5.55. The van der Waals surface area contributed by atoms with Gasteiger partial charge in [-0.1, -0.05) is 30.3 Å². The Hall–Kier alpha value is -3.38. The molecule has 0 fully saturated rings. The van der Waals surface area contributed by atoms with Gasteiger partial charge >= 0.3 is 0 Å². The molecular formula is C24H24FN5. The summed E-state index contributed by atoms with van der Waals surface area (Å²) in [5, 5.41) is 7.94. The molecule has 0 saturated carbocycles. The molecule has 2 heterocycles. The Labute approximate surface area is 175 Å². The lowest BCUT2D eigenvalue weighted by atomic mass is 10.1.